The average molecular weight is 1870 g/mol. The van der Waals surface area contributed by atoms with E-state index >= 15 is 0 Å². The number of carbonyl (C=O) groups excluding carboxylic acids is 4. The van der Waals surface area contributed by atoms with Gasteiger partial charge in [-0.15, -0.1) is 0 Å². The van der Waals surface area contributed by atoms with E-state index < -0.39 is 65.0 Å². The molecule has 0 atom stereocenters. The number of hydrogen-bond acceptors (Lipinski definition) is 14. The molecule has 0 bridgehead atoms. The second-order valence-electron chi connectivity index (χ2n) is 37.0. The van der Waals surface area contributed by atoms with Gasteiger partial charge in [-0.1, -0.05) is 474 Å². The van der Waals surface area contributed by atoms with Gasteiger partial charge in [0.2, 0.25) is 0 Å². The van der Waals surface area contributed by atoms with Gasteiger partial charge in [0.05, 0.1) is 58.5 Å². The van der Waals surface area contributed by atoms with Gasteiger partial charge in [0.15, 0.2) is 0 Å². The summed E-state index contributed by atoms with van der Waals surface area (Å²) in [7, 11) is -10.0. The number of benzene rings is 2. The van der Waals surface area contributed by atoms with Gasteiger partial charge in [0.1, 0.15) is 20.2 Å². The SMILES string of the molecule is CCCCCCC/C=C/CCCCCCCCCCCCCCCOC(=O)c1cccc(S(=O)(=O)[O-])c1C(=O)OCCCCCCCCCCCCCCC/C=C/CCCCCCC.CCCCCCC/C=C/CCCCCCCCCCCCCCCOC(=O)c1cccc(S(=O)(=O)[O-])c1C(=O)OCCCCCCCCCCCCCCC/C=C/CCCCCCC.[Ca+2]. The fraction of sp³-hybridized carbons (Fsp3) is 0.786. The van der Waals surface area contributed by atoms with Gasteiger partial charge in [-0.2, -0.15) is 0 Å². The monoisotopic (exact) mass is 1870 g/mol. The summed E-state index contributed by atoms with van der Waals surface area (Å²) >= 11 is 0. The molecule has 0 fully saturated rings. The Morgan fingerprint density at radius 1 is 0.217 bits per heavy atom. The molecule has 0 radical (unpaired) electrons. The van der Waals surface area contributed by atoms with Crippen molar-refractivity contribution in [2.24, 2.45) is 0 Å². The molecule has 2 rings (SSSR count). The van der Waals surface area contributed by atoms with E-state index in [4.69, 9.17) is 18.9 Å². The minimum atomic E-state index is -5.02. The summed E-state index contributed by atoms with van der Waals surface area (Å²) < 4.78 is 94.0. The quantitative estimate of drug-likeness (QED) is 0.0150. The van der Waals surface area contributed by atoms with E-state index in [1.165, 1.54) is 435 Å². The molecule has 0 saturated carbocycles. The molecular formula is C112H194CaO14S2. The molecule has 0 heterocycles. The van der Waals surface area contributed by atoms with Gasteiger partial charge in [0.25, 0.3) is 0 Å². The van der Waals surface area contributed by atoms with E-state index in [1.807, 2.05) is 0 Å². The van der Waals surface area contributed by atoms with Crippen LogP contribution in [0.4, 0.5) is 0 Å². The van der Waals surface area contributed by atoms with Crippen molar-refractivity contribution in [3.8, 4) is 0 Å². The third kappa shape index (κ3) is 80.2. The van der Waals surface area contributed by atoms with Crippen LogP contribution in [0.3, 0.4) is 0 Å². The van der Waals surface area contributed by atoms with Crippen molar-refractivity contribution >= 4 is 81.9 Å². The number of carbonyl (C=O) groups is 4. The van der Waals surface area contributed by atoms with Crippen molar-refractivity contribution in [1.82, 2.24) is 0 Å². The summed E-state index contributed by atoms with van der Waals surface area (Å²) in [5.41, 5.74) is -1.54. The third-order valence-electron chi connectivity index (χ3n) is 25.0. The van der Waals surface area contributed by atoms with Crippen LogP contribution >= 0.6 is 0 Å². The van der Waals surface area contributed by atoms with Gasteiger partial charge in [-0.3, -0.25) is 0 Å². The number of unbranched alkanes of at least 4 members (excludes halogenated alkanes) is 72. The van der Waals surface area contributed by atoms with Gasteiger partial charge in [-0.25, -0.2) is 36.0 Å². The van der Waals surface area contributed by atoms with Crippen molar-refractivity contribution in [3.05, 3.63) is 107 Å². The molecule has 0 aliphatic rings. The predicted molar refractivity (Wildman–Crippen MR) is 544 cm³/mol. The van der Waals surface area contributed by atoms with Gasteiger partial charge in [-0.05, 0) is 153 Å². The van der Waals surface area contributed by atoms with Crippen LogP contribution in [0.2, 0.25) is 0 Å². The normalized spacial score (nSPS) is 11.8. The molecule has 0 aromatic heterocycles. The molecule has 0 N–H and O–H groups in total. The number of ether oxygens (including phenoxy) is 4. The number of rotatable bonds is 94. The first-order valence-corrected chi connectivity index (χ1v) is 56.9. The Labute approximate surface area is 824 Å². The van der Waals surface area contributed by atoms with E-state index in [9.17, 15) is 45.1 Å². The Bertz CT molecular complexity index is 3020. The van der Waals surface area contributed by atoms with Gasteiger partial charge >= 0.3 is 61.6 Å². The fourth-order valence-corrected chi connectivity index (χ4v) is 18.2. The molecule has 740 valence electrons. The second-order valence-corrected chi connectivity index (χ2v) is 39.7. The minimum Gasteiger partial charge on any atom is -0.744 e. The Morgan fingerprint density at radius 2 is 0.357 bits per heavy atom. The third-order valence-corrected chi connectivity index (χ3v) is 26.8. The Kier molecular flexibility index (Phi) is 93.3. The summed E-state index contributed by atoms with van der Waals surface area (Å²) in [5.74, 6) is -3.60. The van der Waals surface area contributed by atoms with Crippen molar-refractivity contribution in [2.45, 2.75) is 551 Å². The zero-order valence-corrected chi connectivity index (χ0v) is 87.6. The molecule has 0 unspecified atom stereocenters. The van der Waals surface area contributed by atoms with Crippen molar-refractivity contribution < 1.29 is 64.1 Å². The van der Waals surface area contributed by atoms with E-state index in [1.54, 1.807) is 0 Å². The molecule has 2 aromatic carbocycles. The Hall–Kier alpha value is -3.64. The summed E-state index contributed by atoms with van der Waals surface area (Å²) in [5, 5.41) is 0. The van der Waals surface area contributed by atoms with Crippen molar-refractivity contribution in [3.63, 3.8) is 0 Å². The van der Waals surface area contributed by atoms with E-state index in [2.05, 4.69) is 76.3 Å². The standard InChI is InChI=1S/2C56H98O7S.Ca/c2*1-3-5-7-9-11-13-15-17-19-21-23-25-27-29-31-33-35-37-39-41-43-45-50-62-55(57)52-48-47-49-53(64(59,60)61)54(52)56(58)63-51-46-44-42-40-38-36-34-32-30-28-26-24-22-20-18-16-14-12-10-8-6-4-2;/h2*15-18,47-49H,3-14,19-46,50-51H2,1-2H3,(H,59,60,61);/q;;+2/p-2/b2*17-15+,18-16+;. The molecule has 14 nitrogen and oxygen atoms in total. The molecule has 129 heavy (non-hydrogen) atoms. The van der Waals surface area contributed by atoms with E-state index in [0.717, 1.165) is 89.2 Å². The molecule has 0 saturated heterocycles. The summed E-state index contributed by atoms with van der Waals surface area (Å²) in [4.78, 5) is 50.7. The van der Waals surface area contributed by atoms with Crippen LogP contribution in [0.1, 0.15) is 583 Å². The van der Waals surface area contributed by atoms with Crippen LogP contribution in [0.5, 0.6) is 0 Å². The molecule has 0 aliphatic heterocycles. The van der Waals surface area contributed by atoms with Crippen molar-refractivity contribution in [1.29, 1.82) is 0 Å². The van der Waals surface area contributed by atoms with E-state index in [0.29, 0.717) is 25.7 Å². The maximum Gasteiger partial charge on any atom is 2.00 e. The molecule has 0 spiro atoms. The zero-order chi connectivity index (χ0) is 92.9. The topological polar surface area (TPSA) is 220 Å². The first-order valence-electron chi connectivity index (χ1n) is 54.1. The summed E-state index contributed by atoms with van der Waals surface area (Å²) in [6.45, 7) is 9.57. The number of esters is 4. The van der Waals surface area contributed by atoms with Crippen LogP contribution in [0.15, 0.2) is 94.8 Å². The van der Waals surface area contributed by atoms with Crippen LogP contribution in [0.25, 0.3) is 0 Å². The summed E-state index contributed by atoms with van der Waals surface area (Å²) in [6.07, 6.45) is 118. The largest absolute Gasteiger partial charge is 2.00 e. The Balaban J connectivity index is 0.00000252. The molecule has 17 heteroatoms. The molecule has 0 amide bonds. The molecule has 2 aromatic rings. The maximum atomic E-state index is 13.1. The van der Waals surface area contributed by atoms with E-state index in [-0.39, 0.29) is 75.3 Å². The molecule has 0 aliphatic carbocycles. The minimum absolute atomic E-state index is 0. The predicted octanol–water partition coefficient (Wildman–Crippen LogP) is 34.9. The van der Waals surface area contributed by atoms with Crippen LogP contribution in [-0.2, 0) is 39.2 Å². The van der Waals surface area contributed by atoms with Crippen LogP contribution in [0, 0.1) is 0 Å². The first-order chi connectivity index (χ1) is 62.6. The van der Waals surface area contributed by atoms with Crippen LogP contribution in [-0.4, -0.2) is 114 Å². The first kappa shape index (κ1) is 125. The smallest absolute Gasteiger partial charge is 0.744 e. The zero-order valence-electron chi connectivity index (χ0n) is 83.7. The van der Waals surface area contributed by atoms with Gasteiger partial charge in [0, 0.05) is 0 Å². The second kappa shape index (κ2) is 96.1. The van der Waals surface area contributed by atoms with Gasteiger partial charge < -0.3 is 28.1 Å². The number of hydrogen-bond donors (Lipinski definition) is 0. The number of allylic oxidation sites excluding steroid dienone is 8. The summed E-state index contributed by atoms with van der Waals surface area (Å²) in [6, 6.07) is 7.30. The maximum absolute atomic E-state index is 13.1. The Morgan fingerprint density at radius 3 is 0.512 bits per heavy atom. The molecular weight excluding hydrogens is 1670 g/mol. The average Bonchev–Trinajstić information content (AvgIpc) is 0.794. The fourth-order valence-electron chi connectivity index (χ4n) is 16.8. The van der Waals surface area contributed by atoms with Crippen molar-refractivity contribution in [2.75, 3.05) is 26.4 Å². The van der Waals surface area contributed by atoms with Crippen LogP contribution < -0.4 is 0 Å².